The monoisotopic (exact) mass is 329 g/mol. The molecule has 24 heavy (non-hydrogen) atoms. The van der Waals surface area contributed by atoms with Crippen molar-refractivity contribution in [1.82, 2.24) is 4.90 Å². The predicted molar refractivity (Wildman–Crippen MR) is 100.0 cm³/mol. The van der Waals surface area contributed by atoms with Crippen molar-refractivity contribution in [3.05, 3.63) is 40.5 Å². The fourth-order valence-electron chi connectivity index (χ4n) is 4.11. The lowest BCUT2D eigenvalue weighted by Gasteiger charge is -2.55. The maximum absolute atomic E-state index is 11.8. The molecule has 1 heterocycles. The van der Waals surface area contributed by atoms with Crippen LogP contribution in [0.1, 0.15) is 70.6 Å². The van der Waals surface area contributed by atoms with Gasteiger partial charge in [-0.05, 0) is 90.5 Å². The van der Waals surface area contributed by atoms with E-state index >= 15 is 0 Å². The van der Waals surface area contributed by atoms with Crippen molar-refractivity contribution in [2.75, 3.05) is 0 Å². The third-order valence-corrected chi connectivity index (χ3v) is 5.47. The molecule has 3 nitrogen and oxygen atoms in total. The number of hydrogen-bond acceptors (Lipinski definition) is 2. The van der Waals surface area contributed by atoms with Crippen molar-refractivity contribution in [2.24, 2.45) is 0 Å². The predicted octanol–water partition coefficient (Wildman–Crippen LogP) is 5.16. The van der Waals surface area contributed by atoms with Crippen LogP contribution in [0.2, 0.25) is 0 Å². The standard InChI is InChI=1S/C21H31NO2/c1-14-9-10-17(13-15(14)2)18(16(3)19(23)24)22-20(4,5)11-8-12-21(22,6)7/h9-10,13H,8,11-12H2,1-7H3,(H,23,24). The van der Waals surface area contributed by atoms with Crippen LogP contribution in [0, 0.1) is 13.8 Å². The van der Waals surface area contributed by atoms with Gasteiger partial charge in [0.25, 0.3) is 0 Å². The Hall–Kier alpha value is -1.77. The summed E-state index contributed by atoms with van der Waals surface area (Å²) in [5.74, 6) is -0.847. The number of nitrogens with zero attached hydrogens (tertiary/aromatic N) is 1. The van der Waals surface area contributed by atoms with Crippen molar-refractivity contribution in [3.63, 3.8) is 0 Å². The fourth-order valence-corrected chi connectivity index (χ4v) is 4.11. The van der Waals surface area contributed by atoms with Crippen LogP contribution in [-0.2, 0) is 4.79 Å². The molecule has 0 aliphatic carbocycles. The van der Waals surface area contributed by atoms with Crippen LogP contribution in [0.15, 0.2) is 23.8 Å². The van der Waals surface area contributed by atoms with Crippen LogP contribution >= 0.6 is 0 Å². The second kappa shape index (κ2) is 6.27. The minimum Gasteiger partial charge on any atom is -0.478 e. The summed E-state index contributed by atoms with van der Waals surface area (Å²) in [6.45, 7) is 14.8. The van der Waals surface area contributed by atoms with Gasteiger partial charge in [0.05, 0.1) is 11.3 Å². The van der Waals surface area contributed by atoms with Crippen LogP contribution in [0.5, 0.6) is 0 Å². The van der Waals surface area contributed by atoms with E-state index in [1.54, 1.807) is 6.92 Å². The quantitative estimate of drug-likeness (QED) is 0.778. The SMILES string of the molecule is CC(C(=O)O)=C(c1ccc(C)c(C)c1)N1C(C)(C)CCCC1(C)C. The van der Waals surface area contributed by atoms with E-state index in [1.165, 1.54) is 17.5 Å². The number of aliphatic carboxylic acids is 1. The summed E-state index contributed by atoms with van der Waals surface area (Å²) in [6, 6.07) is 6.27. The van der Waals surface area contributed by atoms with E-state index in [0.717, 1.165) is 24.1 Å². The van der Waals surface area contributed by atoms with Gasteiger partial charge in [0, 0.05) is 11.1 Å². The summed E-state index contributed by atoms with van der Waals surface area (Å²) < 4.78 is 0. The maximum atomic E-state index is 11.8. The average molecular weight is 329 g/mol. The molecular formula is C21H31NO2. The Kier molecular flexibility index (Phi) is 4.85. The first-order valence-corrected chi connectivity index (χ1v) is 8.79. The smallest absolute Gasteiger partial charge is 0.333 e. The number of carbonyl (C=O) groups is 1. The van der Waals surface area contributed by atoms with Crippen molar-refractivity contribution in [3.8, 4) is 0 Å². The number of likely N-dealkylation sites (tertiary alicyclic amines) is 1. The third kappa shape index (κ3) is 3.35. The number of carboxylic acids is 1. The first kappa shape index (κ1) is 18.6. The Morgan fingerprint density at radius 1 is 1.04 bits per heavy atom. The largest absolute Gasteiger partial charge is 0.478 e. The highest BCUT2D eigenvalue weighted by Gasteiger charge is 2.43. The normalized spacial score (nSPS) is 20.5. The number of hydrogen-bond donors (Lipinski definition) is 1. The van der Waals surface area contributed by atoms with Crippen molar-refractivity contribution in [1.29, 1.82) is 0 Å². The molecule has 0 amide bonds. The first-order chi connectivity index (χ1) is 11.0. The molecular weight excluding hydrogens is 298 g/mol. The van der Waals surface area contributed by atoms with E-state index in [1.807, 2.05) is 0 Å². The summed E-state index contributed by atoms with van der Waals surface area (Å²) in [5, 5.41) is 9.72. The molecule has 0 aromatic heterocycles. The maximum Gasteiger partial charge on any atom is 0.333 e. The Balaban J connectivity index is 2.73. The lowest BCUT2D eigenvalue weighted by molar-refractivity contribution is -0.132. The molecule has 0 bridgehead atoms. The number of carboxylic acid groups (broad SMARTS) is 1. The van der Waals surface area contributed by atoms with E-state index in [0.29, 0.717) is 5.57 Å². The highest BCUT2D eigenvalue weighted by Crippen LogP contribution is 2.45. The van der Waals surface area contributed by atoms with Gasteiger partial charge in [-0.2, -0.15) is 0 Å². The highest BCUT2D eigenvalue weighted by molar-refractivity contribution is 5.95. The molecule has 0 radical (unpaired) electrons. The van der Waals surface area contributed by atoms with E-state index in [4.69, 9.17) is 0 Å². The minimum atomic E-state index is -0.847. The van der Waals surface area contributed by atoms with Crippen LogP contribution in [0.25, 0.3) is 5.70 Å². The number of benzene rings is 1. The summed E-state index contributed by atoms with van der Waals surface area (Å²) in [6.07, 6.45) is 3.30. The Morgan fingerprint density at radius 3 is 2.04 bits per heavy atom. The highest BCUT2D eigenvalue weighted by atomic mass is 16.4. The van der Waals surface area contributed by atoms with Gasteiger partial charge in [0.15, 0.2) is 0 Å². The van der Waals surface area contributed by atoms with Gasteiger partial charge in [-0.3, -0.25) is 0 Å². The molecule has 1 aliphatic heterocycles. The fraction of sp³-hybridized carbons (Fsp3) is 0.571. The van der Waals surface area contributed by atoms with E-state index < -0.39 is 5.97 Å². The second-order valence-corrected chi connectivity index (χ2v) is 8.39. The summed E-state index contributed by atoms with van der Waals surface area (Å²) in [4.78, 5) is 14.2. The molecule has 2 rings (SSSR count). The van der Waals surface area contributed by atoms with E-state index in [9.17, 15) is 9.90 Å². The molecule has 0 atom stereocenters. The molecule has 0 unspecified atom stereocenters. The number of aryl methyl sites for hydroxylation is 2. The van der Waals surface area contributed by atoms with Crippen molar-refractivity contribution in [2.45, 2.75) is 78.8 Å². The van der Waals surface area contributed by atoms with E-state index in [-0.39, 0.29) is 11.1 Å². The Labute approximate surface area is 146 Å². The molecule has 1 fully saturated rings. The lowest BCUT2D eigenvalue weighted by Crippen LogP contribution is -2.57. The summed E-state index contributed by atoms with van der Waals surface area (Å²) in [7, 11) is 0. The van der Waals surface area contributed by atoms with Gasteiger partial charge < -0.3 is 10.0 Å². The summed E-state index contributed by atoms with van der Waals surface area (Å²) in [5.41, 5.74) is 4.54. The Morgan fingerprint density at radius 2 is 1.58 bits per heavy atom. The van der Waals surface area contributed by atoms with Gasteiger partial charge >= 0.3 is 5.97 Å². The summed E-state index contributed by atoms with van der Waals surface area (Å²) >= 11 is 0. The molecule has 1 aliphatic rings. The zero-order valence-electron chi connectivity index (χ0n) is 16.2. The average Bonchev–Trinajstić information content (AvgIpc) is 2.44. The molecule has 3 heteroatoms. The Bertz CT molecular complexity index is 667. The second-order valence-electron chi connectivity index (χ2n) is 8.39. The molecule has 132 valence electrons. The number of piperidine rings is 1. The molecule has 1 N–H and O–H groups in total. The van der Waals surface area contributed by atoms with Gasteiger partial charge in [-0.15, -0.1) is 0 Å². The van der Waals surface area contributed by atoms with Gasteiger partial charge in [0.1, 0.15) is 0 Å². The zero-order valence-corrected chi connectivity index (χ0v) is 16.2. The topological polar surface area (TPSA) is 40.5 Å². The molecule has 1 aromatic rings. The van der Waals surface area contributed by atoms with Crippen LogP contribution < -0.4 is 0 Å². The van der Waals surface area contributed by atoms with Crippen molar-refractivity contribution < 1.29 is 9.90 Å². The zero-order chi connectivity index (χ0) is 18.3. The van der Waals surface area contributed by atoms with Gasteiger partial charge in [-0.25, -0.2) is 4.79 Å². The van der Waals surface area contributed by atoms with Crippen LogP contribution in [0.4, 0.5) is 0 Å². The minimum absolute atomic E-state index is 0.0768. The molecule has 1 saturated heterocycles. The van der Waals surface area contributed by atoms with Gasteiger partial charge in [0.2, 0.25) is 0 Å². The molecule has 0 saturated carbocycles. The molecule has 0 spiro atoms. The lowest BCUT2D eigenvalue weighted by atomic mass is 9.78. The van der Waals surface area contributed by atoms with Crippen LogP contribution in [0.3, 0.4) is 0 Å². The van der Waals surface area contributed by atoms with E-state index in [2.05, 4.69) is 64.6 Å². The van der Waals surface area contributed by atoms with Crippen molar-refractivity contribution >= 4 is 11.7 Å². The third-order valence-electron chi connectivity index (χ3n) is 5.47. The van der Waals surface area contributed by atoms with Gasteiger partial charge in [-0.1, -0.05) is 12.1 Å². The number of rotatable bonds is 3. The molecule has 1 aromatic carbocycles. The van der Waals surface area contributed by atoms with Crippen LogP contribution in [-0.4, -0.2) is 27.1 Å². The first-order valence-electron chi connectivity index (χ1n) is 8.79.